The molecule has 0 saturated carbocycles. The van der Waals surface area contributed by atoms with Crippen molar-refractivity contribution >= 4 is 35.8 Å². The smallest absolute Gasteiger partial charge is 0.242 e. The van der Waals surface area contributed by atoms with Gasteiger partial charge in [-0.15, -0.1) is 24.0 Å². The highest BCUT2D eigenvalue weighted by Gasteiger charge is 2.26. The zero-order valence-corrected chi connectivity index (χ0v) is 22.5. The number of amides is 1. The van der Waals surface area contributed by atoms with Crippen molar-refractivity contribution in [1.82, 2.24) is 20.4 Å². The number of methoxy groups -OCH3 is 1. The third kappa shape index (κ3) is 6.41. The third-order valence-electron chi connectivity index (χ3n) is 6.66. The standard InChI is InChI=1S/C26H35N5O2.HI/c1-27-26(29-18-25(32)31-16-13-20-9-3-4-10-21(20)19-31)28-17-23(30-14-7-8-15-30)22-11-5-6-12-24(22)33-2;/h3-6,9-12,23H,7-8,13-19H2,1-2H3,(H2,27,28,29);1H. The zero-order chi connectivity index (χ0) is 23.0. The highest BCUT2D eigenvalue weighted by molar-refractivity contribution is 14.0. The molecular formula is C26H36IN5O2. The van der Waals surface area contributed by atoms with Gasteiger partial charge in [0.1, 0.15) is 5.75 Å². The molecule has 2 aromatic carbocycles. The molecule has 7 nitrogen and oxygen atoms in total. The predicted molar refractivity (Wildman–Crippen MR) is 147 cm³/mol. The molecule has 8 heteroatoms. The van der Waals surface area contributed by atoms with Crippen molar-refractivity contribution in [2.75, 3.05) is 46.9 Å². The fourth-order valence-electron chi connectivity index (χ4n) is 4.82. The first-order chi connectivity index (χ1) is 16.2. The molecule has 4 rings (SSSR count). The molecule has 34 heavy (non-hydrogen) atoms. The summed E-state index contributed by atoms with van der Waals surface area (Å²) in [5.41, 5.74) is 3.76. The molecule has 2 aliphatic heterocycles. The van der Waals surface area contributed by atoms with E-state index < -0.39 is 0 Å². The van der Waals surface area contributed by atoms with Crippen LogP contribution in [0, 0.1) is 0 Å². The van der Waals surface area contributed by atoms with Crippen LogP contribution in [0.3, 0.4) is 0 Å². The lowest BCUT2D eigenvalue weighted by atomic mass is 10.00. The minimum Gasteiger partial charge on any atom is -0.496 e. The Bertz CT molecular complexity index is 977. The third-order valence-corrected chi connectivity index (χ3v) is 6.66. The van der Waals surface area contributed by atoms with Crippen LogP contribution in [0.2, 0.25) is 0 Å². The predicted octanol–water partition coefficient (Wildman–Crippen LogP) is 3.20. The number of fused-ring (bicyclic) bond motifs is 1. The molecule has 0 aliphatic carbocycles. The first kappa shape index (κ1) is 26.3. The van der Waals surface area contributed by atoms with Gasteiger partial charge in [-0.05, 0) is 49.5 Å². The van der Waals surface area contributed by atoms with E-state index in [0.717, 1.165) is 31.8 Å². The number of aliphatic imine (C=N–C) groups is 1. The molecule has 1 amide bonds. The van der Waals surface area contributed by atoms with Crippen LogP contribution in [0.4, 0.5) is 0 Å². The van der Waals surface area contributed by atoms with Crippen LogP contribution in [-0.4, -0.2) is 68.5 Å². The van der Waals surface area contributed by atoms with E-state index in [0.29, 0.717) is 19.0 Å². The number of benzene rings is 2. The van der Waals surface area contributed by atoms with Gasteiger partial charge in [-0.3, -0.25) is 14.7 Å². The van der Waals surface area contributed by atoms with Crippen molar-refractivity contribution in [3.05, 3.63) is 65.2 Å². The van der Waals surface area contributed by atoms with Crippen molar-refractivity contribution < 1.29 is 9.53 Å². The summed E-state index contributed by atoms with van der Waals surface area (Å²) in [6, 6.07) is 16.8. The van der Waals surface area contributed by atoms with Crippen LogP contribution in [0.5, 0.6) is 5.75 Å². The maximum absolute atomic E-state index is 12.8. The zero-order valence-electron chi connectivity index (χ0n) is 20.1. The van der Waals surface area contributed by atoms with Gasteiger partial charge in [-0.1, -0.05) is 42.5 Å². The minimum atomic E-state index is 0. The monoisotopic (exact) mass is 577 g/mol. The summed E-state index contributed by atoms with van der Waals surface area (Å²) in [6.07, 6.45) is 3.34. The second-order valence-corrected chi connectivity index (χ2v) is 8.64. The van der Waals surface area contributed by atoms with Gasteiger partial charge >= 0.3 is 0 Å². The fraction of sp³-hybridized carbons (Fsp3) is 0.462. The number of nitrogens with one attached hydrogen (secondary N) is 2. The van der Waals surface area contributed by atoms with Gasteiger partial charge in [0.25, 0.3) is 0 Å². The summed E-state index contributed by atoms with van der Waals surface area (Å²) >= 11 is 0. The number of hydrogen-bond donors (Lipinski definition) is 2. The summed E-state index contributed by atoms with van der Waals surface area (Å²) in [7, 11) is 3.46. The van der Waals surface area contributed by atoms with Crippen LogP contribution >= 0.6 is 24.0 Å². The van der Waals surface area contributed by atoms with E-state index in [1.165, 1.54) is 29.5 Å². The Morgan fingerprint density at radius 3 is 2.47 bits per heavy atom. The van der Waals surface area contributed by atoms with E-state index >= 15 is 0 Å². The van der Waals surface area contributed by atoms with E-state index in [1.54, 1.807) is 14.2 Å². The molecule has 1 fully saturated rings. The Kier molecular flexibility index (Phi) is 10.0. The molecular weight excluding hydrogens is 541 g/mol. The average molecular weight is 578 g/mol. The van der Waals surface area contributed by atoms with E-state index in [1.807, 2.05) is 23.1 Å². The highest BCUT2D eigenvalue weighted by Crippen LogP contribution is 2.31. The molecule has 2 aliphatic rings. The first-order valence-corrected chi connectivity index (χ1v) is 11.9. The lowest BCUT2D eigenvalue weighted by Gasteiger charge is -2.30. The Labute approximate surface area is 220 Å². The highest BCUT2D eigenvalue weighted by atomic mass is 127. The topological polar surface area (TPSA) is 69.2 Å². The average Bonchev–Trinajstić information content (AvgIpc) is 3.40. The molecule has 0 radical (unpaired) electrons. The number of ether oxygens (including phenoxy) is 1. The van der Waals surface area contributed by atoms with E-state index in [9.17, 15) is 4.79 Å². The first-order valence-electron chi connectivity index (χ1n) is 11.9. The molecule has 184 valence electrons. The van der Waals surface area contributed by atoms with E-state index in [4.69, 9.17) is 4.74 Å². The van der Waals surface area contributed by atoms with Gasteiger partial charge in [0, 0.05) is 32.2 Å². The van der Waals surface area contributed by atoms with Crippen molar-refractivity contribution in [3.63, 3.8) is 0 Å². The van der Waals surface area contributed by atoms with E-state index in [2.05, 4.69) is 50.9 Å². The molecule has 1 saturated heterocycles. The van der Waals surface area contributed by atoms with Crippen molar-refractivity contribution in [2.24, 2.45) is 4.99 Å². The number of guanidine groups is 1. The molecule has 2 aromatic rings. The van der Waals surface area contributed by atoms with Gasteiger partial charge in [0.2, 0.25) is 5.91 Å². The number of rotatable bonds is 7. The maximum atomic E-state index is 12.8. The SMILES string of the molecule is CN=C(NCC(=O)N1CCc2ccccc2C1)NCC(c1ccccc1OC)N1CCCC1.I. The lowest BCUT2D eigenvalue weighted by molar-refractivity contribution is -0.130. The van der Waals surface area contributed by atoms with Crippen molar-refractivity contribution in [1.29, 1.82) is 0 Å². The van der Waals surface area contributed by atoms with Crippen LogP contribution in [0.25, 0.3) is 0 Å². The Balaban J connectivity index is 0.00000324. The summed E-state index contributed by atoms with van der Waals surface area (Å²) in [5, 5.41) is 6.66. The number of nitrogens with zero attached hydrogens (tertiary/aromatic N) is 3. The Morgan fingerprint density at radius 2 is 1.74 bits per heavy atom. The molecule has 0 bridgehead atoms. The van der Waals surface area contributed by atoms with Gasteiger partial charge < -0.3 is 20.3 Å². The van der Waals surface area contributed by atoms with Crippen LogP contribution < -0.4 is 15.4 Å². The number of carbonyl (C=O) groups excluding carboxylic acids is 1. The molecule has 1 atom stereocenters. The van der Waals surface area contributed by atoms with Gasteiger partial charge in [-0.25, -0.2) is 0 Å². The molecule has 0 aromatic heterocycles. The number of hydrogen-bond acceptors (Lipinski definition) is 4. The molecule has 1 unspecified atom stereocenters. The quantitative estimate of drug-likeness (QED) is 0.301. The molecule has 0 spiro atoms. The molecule has 2 heterocycles. The summed E-state index contributed by atoms with van der Waals surface area (Å²) < 4.78 is 5.64. The maximum Gasteiger partial charge on any atom is 0.242 e. The van der Waals surface area contributed by atoms with Crippen LogP contribution in [-0.2, 0) is 17.8 Å². The number of para-hydroxylation sites is 1. The van der Waals surface area contributed by atoms with Gasteiger partial charge in [-0.2, -0.15) is 0 Å². The summed E-state index contributed by atoms with van der Waals surface area (Å²) in [5.74, 6) is 1.63. The van der Waals surface area contributed by atoms with Gasteiger partial charge in [0.15, 0.2) is 5.96 Å². The summed E-state index contributed by atoms with van der Waals surface area (Å²) in [4.78, 5) is 21.6. The largest absolute Gasteiger partial charge is 0.496 e. The van der Waals surface area contributed by atoms with Crippen molar-refractivity contribution in [3.8, 4) is 5.75 Å². The Morgan fingerprint density at radius 1 is 1.03 bits per heavy atom. The van der Waals surface area contributed by atoms with E-state index in [-0.39, 0.29) is 42.5 Å². The Hall–Kier alpha value is -2.33. The minimum absolute atomic E-state index is 0. The van der Waals surface area contributed by atoms with Crippen LogP contribution in [0.15, 0.2) is 53.5 Å². The van der Waals surface area contributed by atoms with Crippen LogP contribution in [0.1, 0.15) is 35.6 Å². The number of carbonyl (C=O) groups is 1. The van der Waals surface area contributed by atoms with Gasteiger partial charge in [0.05, 0.1) is 19.7 Å². The molecule has 2 N–H and O–H groups in total. The summed E-state index contributed by atoms with van der Waals surface area (Å²) in [6.45, 7) is 4.49. The lowest BCUT2D eigenvalue weighted by Crippen LogP contribution is -2.47. The normalized spacial score (nSPS) is 16.9. The number of halogens is 1. The number of likely N-dealkylation sites (tertiary alicyclic amines) is 1. The fourth-order valence-corrected chi connectivity index (χ4v) is 4.82. The second kappa shape index (κ2) is 12.9. The second-order valence-electron chi connectivity index (χ2n) is 8.64. The van der Waals surface area contributed by atoms with Crippen molar-refractivity contribution in [2.45, 2.75) is 31.8 Å².